The van der Waals surface area contributed by atoms with Crippen LogP contribution in [0.25, 0.3) is 0 Å². The van der Waals surface area contributed by atoms with Crippen molar-refractivity contribution in [2.45, 2.75) is 0 Å². The first-order valence-electron chi connectivity index (χ1n) is 7.34. The lowest BCUT2D eigenvalue weighted by Gasteiger charge is -2.27. The van der Waals surface area contributed by atoms with E-state index in [0.29, 0.717) is 11.4 Å². The molecule has 3 rings (SSSR count). The zero-order valence-corrected chi connectivity index (χ0v) is 12.8. The standard InChI is InChI=1S/C17H13N3O5/c21-14-13(15(22)19-17(24)18-14)16(23)20(11-7-3-1-4-8-11)25-12-9-5-2-6-10-12/h1-10,13H,(H2,18,19,21,22,24). The van der Waals surface area contributed by atoms with Crippen LogP contribution in [-0.4, -0.2) is 23.8 Å². The molecule has 0 unspecified atom stereocenters. The maximum atomic E-state index is 12.8. The van der Waals surface area contributed by atoms with Crippen LogP contribution in [0.15, 0.2) is 60.7 Å². The number of urea groups is 1. The first-order chi connectivity index (χ1) is 12.1. The van der Waals surface area contributed by atoms with Crippen LogP contribution in [0, 0.1) is 5.92 Å². The average Bonchev–Trinajstić information content (AvgIpc) is 2.60. The number of anilines is 1. The van der Waals surface area contributed by atoms with E-state index in [4.69, 9.17) is 4.84 Å². The summed E-state index contributed by atoms with van der Waals surface area (Å²) in [6.07, 6.45) is 0. The van der Waals surface area contributed by atoms with Gasteiger partial charge in [-0.15, -0.1) is 5.06 Å². The van der Waals surface area contributed by atoms with Gasteiger partial charge in [-0.3, -0.25) is 25.0 Å². The molecule has 126 valence electrons. The zero-order chi connectivity index (χ0) is 17.8. The number of rotatable bonds is 4. The molecule has 8 nitrogen and oxygen atoms in total. The number of nitrogens with zero attached hydrogens (tertiary/aromatic N) is 1. The number of hydrogen-bond donors (Lipinski definition) is 2. The summed E-state index contributed by atoms with van der Waals surface area (Å²) < 4.78 is 0. The van der Waals surface area contributed by atoms with E-state index in [1.165, 1.54) is 0 Å². The average molecular weight is 339 g/mol. The Morgan fingerprint density at radius 1 is 0.840 bits per heavy atom. The molecular weight excluding hydrogens is 326 g/mol. The van der Waals surface area contributed by atoms with Crippen LogP contribution < -0.4 is 20.5 Å². The number of amides is 5. The van der Waals surface area contributed by atoms with Gasteiger partial charge in [0.15, 0.2) is 11.7 Å². The van der Waals surface area contributed by atoms with E-state index in [2.05, 4.69) is 0 Å². The van der Waals surface area contributed by atoms with Crippen molar-refractivity contribution < 1.29 is 24.0 Å². The molecule has 0 bridgehead atoms. The molecule has 2 N–H and O–H groups in total. The smallest absolute Gasteiger partial charge is 0.328 e. The number of hydroxylamine groups is 1. The molecule has 0 spiro atoms. The van der Waals surface area contributed by atoms with Crippen molar-refractivity contribution in [1.29, 1.82) is 0 Å². The number of barbiturate groups is 1. The van der Waals surface area contributed by atoms with Gasteiger partial charge in [-0.05, 0) is 24.3 Å². The third kappa shape index (κ3) is 3.47. The Bertz CT molecular complexity index is 803. The molecule has 0 saturated carbocycles. The van der Waals surface area contributed by atoms with Crippen LogP contribution >= 0.6 is 0 Å². The highest BCUT2D eigenvalue weighted by Gasteiger charge is 2.43. The van der Waals surface area contributed by atoms with Crippen molar-refractivity contribution in [3.8, 4) is 5.75 Å². The van der Waals surface area contributed by atoms with Gasteiger partial charge >= 0.3 is 6.03 Å². The van der Waals surface area contributed by atoms with Crippen molar-refractivity contribution in [2.24, 2.45) is 5.92 Å². The van der Waals surface area contributed by atoms with Gasteiger partial charge < -0.3 is 4.84 Å². The first kappa shape index (κ1) is 16.2. The third-order valence-electron chi connectivity index (χ3n) is 3.38. The van der Waals surface area contributed by atoms with Crippen molar-refractivity contribution in [1.82, 2.24) is 10.6 Å². The van der Waals surface area contributed by atoms with Gasteiger partial charge in [-0.2, -0.15) is 0 Å². The molecule has 1 aliphatic rings. The lowest BCUT2D eigenvalue weighted by atomic mass is 10.0. The molecule has 8 heteroatoms. The Balaban J connectivity index is 1.93. The van der Waals surface area contributed by atoms with Gasteiger partial charge in [-0.1, -0.05) is 36.4 Å². The van der Waals surface area contributed by atoms with Crippen LogP contribution in [0.1, 0.15) is 0 Å². The van der Waals surface area contributed by atoms with E-state index in [9.17, 15) is 19.2 Å². The molecule has 1 saturated heterocycles. The van der Waals surface area contributed by atoms with Crippen LogP contribution in [0.5, 0.6) is 5.75 Å². The molecule has 1 fully saturated rings. The Morgan fingerprint density at radius 3 is 1.92 bits per heavy atom. The fourth-order valence-electron chi connectivity index (χ4n) is 2.24. The first-order valence-corrected chi connectivity index (χ1v) is 7.34. The second-order valence-corrected chi connectivity index (χ2v) is 5.11. The molecule has 25 heavy (non-hydrogen) atoms. The second kappa shape index (κ2) is 6.83. The molecular formula is C17H13N3O5. The van der Waals surface area contributed by atoms with Crippen LogP contribution in [0.2, 0.25) is 0 Å². The summed E-state index contributed by atoms with van der Waals surface area (Å²) in [5.74, 6) is -4.32. The van der Waals surface area contributed by atoms with E-state index < -0.39 is 29.7 Å². The maximum Gasteiger partial charge on any atom is 0.328 e. The van der Waals surface area contributed by atoms with Crippen LogP contribution in [0.4, 0.5) is 10.5 Å². The molecule has 1 heterocycles. The fourth-order valence-corrected chi connectivity index (χ4v) is 2.24. The minimum absolute atomic E-state index is 0.328. The summed E-state index contributed by atoms with van der Waals surface area (Å²) in [5.41, 5.74) is 0.328. The summed E-state index contributed by atoms with van der Waals surface area (Å²) in [6.45, 7) is 0. The van der Waals surface area contributed by atoms with E-state index in [-0.39, 0.29) is 0 Å². The fraction of sp³-hybridized carbons (Fsp3) is 0.0588. The van der Waals surface area contributed by atoms with Crippen molar-refractivity contribution in [2.75, 3.05) is 5.06 Å². The lowest BCUT2D eigenvalue weighted by Crippen LogP contribution is -2.60. The maximum absolute atomic E-state index is 12.8. The zero-order valence-electron chi connectivity index (χ0n) is 12.8. The van der Waals surface area contributed by atoms with Gasteiger partial charge in [0.05, 0.1) is 5.69 Å². The van der Waals surface area contributed by atoms with Gasteiger partial charge in [-0.25, -0.2) is 4.79 Å². The summed E-state index contributed by atoms with van der Waals surface area (Å²) in [5, 5.41) is 4.65. The van der Waals surface area contributed by atoms with Crippen molar-refractivity contribution in [3.05, 3.63) is 60.7 Å². The normalized spacial score (nSPS) is 14.5. The van der Waals surface area contributed by atoms with Gasteiger partial charge in [0.25, 0.3) is 5.91 Å². The molecule has 2 aromatic carbocycles. The van der Waals surface area contributed by atoms with Crippen molar-refractivity contribution in [3.63, 3.8) is 0 Å². The Labute approximate surface area is 142 Å². The highest BCUT2D eigenvalue weighted by molar-refractivity contribution is 6.28. The summed E-state index contributed by atoms with van der Waals surface area (Å²) in [6, 6.07) is 15.7. The largest absolute Gasteiger partial charge is 0.372 e. The molecule has 0 atom stereocenters. The Morgan fingerprint density at radius 2 is 1.36 bits per heavy atom. The molecule has 0 aliphatic carbocycles. The van der Waals surface area contributed by atoms with Crippen LogP contribution in [0.3, 0.4) is 0 Å². The highest BCUT2D eigenvalue weighted by atomic mass is 16.7. The van der Waals surface area contributed by atoms with E-state index in [0.717, 1.165) is 5.06 Å². The highest BCUT2D eigenvalue weighted by Crippen LogP contribution is 2.21. The molecule has 2 aromatic rings. The minimum atomic E-state index is -1.73. The van der Waals surface area contributed by atoms with E-state index >= 15 is 0 Å². The number of nitrogens with one attached hydrogen (secondary N) is 2. The van der Waals surface area contributed by atoms with Crippen molar-refractivity contribution >= 4 is 29.4 Å². The monoisotopic (exact) mass is 339 g/mol. The van der Waals surface area contributed by atoms with Gasteiger partial charge in [0.2, 0.25) is 11.8 Å². The predicted molar refractivity (Wildman–Crippen MR) is 86.2 cm³/mol. The topological polar surface area (TPSA) is 105 Å². The summed E-state index contributed by atoms with van der Waals surface area (Å²) in [4.78, 5) is 53.4. The summed E-state index contributed by atoms with van der Waals surface area (Å²) >= 11 is 0. The molecule has 0 radical (unpaired) electrons. The third-order valence-corrected chi connectivity index (χ3v) is 3.38. The Kier molecular flexibility index (Phi) is 4.42. The second-order valence-electron chi connectivity index (χ2n) is 5.11. The van der Waals surface area contributed by atoms with E-state index in [1.807, 2.05) is 10.6 Å². The number of carbonyl (C=O) groups excluding carboxylic acids is 4. The predicted octanol–water partition coefficient (Wildman–Crippen LogP) is 0.996. The number of carbonyl (C=O) groups is 4. The Hall–Kier alpha value is -3.68. The SMILES string of the molecule is O=C1NC(=O)C(C(=O)N(Oc2ccccc2)c2ccccc2)C(=O)N1. The molecule has 0 aromatic heterocycles. The van der Waals surface area contributed by atoms with E-state index in [1.54, 1.807) is 60.7 Å². The molecule has 5 amide bonds. The number of para-hydroxylation sites is 2. The van der Waals surface area contributed by atoms with Crippen LogP contribution in [-0.2, 0) is 14.4 Å². The number of hydrogen-bond acceptors (Lipinski definition) is 5. The lowest BCUT2D eigenvalue weighted by molar-refractivity contribution is -0.143. The number of benzene rings is 2. The molecule has 1 aliphatic heterocycles. The summed E-state index contributed by atoms with van der Waals surface area (Å²) in [7, 11) is 0. The van der Waals surface area contributed by atoms with Gasteiger partial charge in [0.1, 0.15) is 0 Å². The quantitative estimate of drug-likeness (QED) is 0.639. The minimum Gasteiger partial charge on any atom is -0.372 e. The van der Waals surface area contributed by atoms with Gasteiger partial charge in [0, 0.05) is 0 Å². The number of imide groups is 2.